The summed E-state index contributed by atoms with van der Waals surface area (Å²) in [5.41, 5.74) is 4.92. The molecule has 92 valence electrons. The summed E-state index contributed by atoms with van der Waals surface area (Å²) in [4.78, 5) is 2.48. The Morgan fingerprint density at radius 3 is 2.94 bits per heavy atom. The normalized spacial score (nSPS) is 19.8. The number of fused-ring (bicyclic) bond motifs is 1. The number of nitrogens with one attached hydrogen (secondary N) is 1. The average molecular weight is 242 g/mol. The molecule has 18 heavy (non-hydrogen) atoms. The highest BCUT2D eigenvalue weighted by atomic mass is 16.5. The van der Waals surface area contributed by atoms with E-state index >= 15 is 0 Å². The summed E-state index contributed by atoms with van der Waals surface area (Å²) in [5.74, 6) is 0. The predicted molar refractivity (Wildman–Crippen MR) is 65.7 cm³/mol. The van der Waals surface area contributed by atoms with Crippen molar-refractivity contribution in [3.05, 3.63) is 35.5 Å². The Labute approximate surface area is 105 Å². The molecule has 2 aliphatic heterocycles. The molecule has 5 heteroatoms. The van der Waals surface area contributed by atoms with E-state index in [1.807, 2.05) is 0 Å². The van der Waals surface area contributed by atoms with Crippen molar-refractivity contribution in [3.8, 4) is 11.3 Å². The third-order valence-corrected chi connectivity index (χ3v) is 3.84. The number of nitrogens with zero attached hydrogens (tertiary/aromatic N) is 3. The number of aromatic amines is 1. The molecule has 0 atom stereocenters. The Hall–Kier alpha value is -1.72. The fourth-order valence-electron chi connectivity index (χ4n) is 2.71. The summed E-state index contributed by atoms with van der Waals surface area (Å²) in [6.07, 6.45) is 1.78. The van der Waals surface area contributed by atoms with Gasteiger partial charge in [0.25, 0.3) is 0 Å². The van der Waals surface area contributed by atoms with Gasteiger partial charge in [0.15, 0.2) is 0 Å². The van der Waals surface area contributed by atoms with Crippen molar-refractivity contribution in [1.82, 2.24) is 20.3 Å². The number of aromatic nitrogens is 3. The monoisotopic (exact) mass is 242 g/mol. The molecular formula is C13H14N4O. The van der Waals surface area contributed by atoms with Crippen LogP contribution in [0.4, 0.5) is 0 Å². The fourth-order valence-corrected chi connectivity index (χ4v) is 2.71. The zero-order valence-corrected chi connectivity index (χ0v) is 9.97. The molecule has 0 unspecified atom stereocenters. The van der Waals surface area contributed by atoms with Crippen LogP contribution in [-0.4, -0.2) is 39.6 Å². The van der Waals surface area contributed by atoms with E-state index in [-0.39, 0.29) is 0 Å². The number of hydrogen-bond donors (Lipinski definition) is 1. The number of hydrogen-bond acceptors (Lipinski definition) is 4. The van der Waals surface area contributed by atoms with E-state index in [1.165, 1.54) is 16.7 Å². The van der Waals surface area contributed by atoms with Crippen LogP contribution < -0.4 is 0 Å². The first-order chi connectivity index (χ1) is 8.92. The van der Waals surface area contributed by atoms with E-state index in [1.54, 1.807) is 6.20 Å². The lowest BCUT2D eigenvalue weighted by Crippen LogP contribution is -2.46. The Kier molecular flexibility index (Phi) is 2.21. The predicted octanol–water partition coefficient (Wildman–Crippen LogP) is 1.19. The molecule has 0 spiro atoms. The lowest BCUT2D eigenvalue weighted by molar-refractivity contribution is -0.0669. The Bertz CT molecular complexity index is 562. The van der Waals surface area contributed by atoms with Gasteiger partial charge in [0, 0.05) is 18.7 Å². The van der Waals surface area contributed by atoms with Gasteiger partial charge < -0.3 is 4.74 Å². The van der Waals surface area contributed by atoms with Crippen molar-refractivity contribution in [2.75, 3.05) is 13.2 Å². The minimum atomic E-state index is 0.586. The molecule has 0 bridgehead atoms. The van der Waals surface area contributed by atoms with Crippen molar-refractivity contribution >= 4 is 0 Å². The van der Waals surface area contributed by atoms with Crippen molar-refractivity contribution in [3.63, 3.8) is 0 Å². The van der Waals surface area contributed by atoms with Crippen LogP contribution in [-0.2, 0) is 17.8 Å². The van der Waals surface area contributed by atoms with Gasteiger partial charge in [-0.3, -0.25) is 4.90 Å². The zero-order valence-electron chi connectivity index (χ0n) is 9.97. The van der Waals surface area contributed by atoms with E-state index in [9.17, 15) is 0 Å². The van der Waals surface area contributed by atoms with E-state index in [4.69, 9.17) is 4.74 Å². The minimum Gasteiger partial charge on any atom is -0.378 e. The highest BCUT2D eigenvalue weighted by molar-refractivity contribution is 5.65. The highest BCUT2D eigenvalue weighted by Gasteiger charge is 2.31. The molecule has 2 aliphatic rings. The molecule has 1 N–H and O–H groups in total. The van der Waals surface area contributed by atoms with Crippen molar-refractivity contribution < 1.29 is 4.74 Å². The van der Waals surface area contributed by atoms with Crippen LogP contribution in [0.2, 0.25) is 0 Å². The molecule has 0 radical (unpaired) electrons. The van der Waals surface area contributed by atoms with Gasteiger partial charge in [-0.25, -0.2) is 0 Å². The van der Waals surface area contributed by atoms with Crippen LogP contribution in [0.3, 0.4) is 0 Å². The molecular weight excluding hydrogens is 228 g/mol. The second kappa shape index (κ2) is 3.90. The van der Waals surface area contributed by atoms with Crippen LogP contribution in [0.1, 0.15) is 11.1 Å². The fraction of sp³-hybridized carbons (Fsp3) is 0.385. The third kappa shape index (κ3) is 1.48. The number of rotatable bonds is 2. The molecule has 0 amide bonds. The van der Waals surface area contributed by atoms with E-state index in [2.05, 4.69) is 38.5 Å². The van der Waals surface area contributed by atoms with Gasteiger partial charge in [-0.1, -0.05) is 18.2 Å². The van der Waals surface area contributed by atoms with Gasteiger partial charge in [-0.2, -0.15) is 15.4 Å². The summed E-state index contributed by atoms with van der Waals surface area (Å²) in [6.45, 7) is 3.75. The maximum atomic E-state index is 5.28. The van der Waals surface area contributed by atoms with Gasteiger partial charge in [-0.15, -0.1) is 0 Å². The molecule has 4 rings (SSSR count). The first-order valence-electron chi connectivity index (χ1n) is 6.20. The first kappa shape index (κ1) is 10.2. The summed E-state index contributed by atoms with van der Waals surface area (Å²) >= 11 is 0. The maximum Gasteiger partial charge on any atom is 0.113 e. The van der Waals surface area contributed by atoms with Crippen LogP contribution >= 0.6 is 0 Å². The second-order valence-corrected chi connectivity index (χ2v) is 4.89. The second-order valence-electron chi connectivity index (χ2n) is 4.89. The average Bonchev–Trinajstić information content (AvgIpc) is 2.94. The zero-order chi connectivity index (χ0) is 11.9. The molecule has 3 heterocycles. The lowest BCUT2D eigenvalue weighted by atomic mass is 10.0. The summed E-state index contributed by atoms with van der Waals surface area (Å²) in [5, 5.41) is 10.8. The Morgan fingerprint density at radius 2 is 2.22 bits per heavy atom. The van der Waals surface area contributed by atoms with Gasteiger partial charge in [0.1, 0.15) is 5.69 Å². The molecule has 1 saturated heterocycles. The number of H-pyrrole nitrogens is 1. The van der Waals surface area contributed by atoms with Crippen molar-refractivity contribution in [1.29, 1.82) is 0 Å². The summed E-state index contributed by atoms with van der Waals surface area (Å²) in [6, 6.07) is 7.02. The third-order valence-electron chi connectivity index (χ3n) is 3.84. The molecule has 1 fully saturated rings. The van der Waals surface area contributed by atoms with Crippen LogP contribution in [0.5, 0.6) is 0 Å². The maximum absolute atomic E-state index is 5.28. The molecule has 0 saturated carbocycles. The summed E-state index contributed by atoms with van der Waals surface area (Å²) < 4.78 is 5.28. The lowest BCUT2D eigenvalue weighted by Gasteiger charge is -2.34. The Morgan fingerprint density at radius 1 is 1.28 bits per heavy atom. The standard InChI is InChI=1S/C13H14N4O/c1-2-9-5-17(10-7-18-8-10)6-12(9)11(3-1)13-4-14-16-15-13/h1-4,10H,5-8H2,(H,14,15,16). The SMILES string of the molecule is c1cc2c(c(-c3cn[nH]n3)c1)CN(C1COC1)C2. The quantitative estimate of drug-likeness (QED) is 0.859. The van der Waals surface area contributed by atoms with Gasteiger partial charge in [0.05, 0.1) is 25.5 Å². The minimum absolute atomic E-state index is 0.586. The van der Waals surface area contributed by atoms with Crippen molar-refractivity contribution in [2.24, 2.45) is 0 Å². The first-order valence-corrected chi connectivity index (χ1v) is 6.20. The number of ether oxygens (including phenoxy) is 1. The molecule has 2 aromatic rings. The molecule has 5 nitrogen and oxygen atoms in total. The highest BCUT2D eigenvalue weighted by Crippen LogP contribution is 2.33. The Balaban J connectivity index is 1.71. The van der Waals surface area contributed by atoms with Crippen LogP contribution in [0.15, 0.2) is 24.4 Å². The van der Waals surface area contributed by atoms with Gasteiger partial charge >= 0.3 is 0 Å². The van der Waals surface area contributed by atoms with Crippen molar-refractivity contribution in [2.45, 2.75) is 19.1 Å². The number of benzene rings is 1. The molecule has 0 aliphatic carbocycles. The van der Waals surface area contributed by atoms with Gasteiger partial charge in [0.2, 0.25) is 0 Å². The van der Waals surface area contributed by atoms with Crippen LogP contribution in [0.25, 0.3) is 11.3 Å². The molecule has 1 aromatic carbocycles. The van der Waals surface area contributed by atoms with E-state index in [0.29, 0.717) is 6.04 Å². The van der Waals surface area contributed by atoms with Crippen LogP contribution in [0, 0.1) is 0 Å². The largest absolute Gasteiger partial charge is 0.378 e. The summed E-state index contributed by atoms with van der Waals surface area (Å²) in [7, 11) is 0. The topological polar surface area (TPSA) is 54.0 Å². The van der Waals surface area contributed by atoms with Gasteiger partial charge in [-0.05, 0) is 11.1 Å². The van der Waals surface area contributed by atoms with E-state index < -0.39 is 0 Å². The molecule has 1 aromatic heterocycles. The smallest absolute Gasteiger partial charge is 0.113 e. The van der Waals surface area contributed by atoms with E-state index in [0.717, 1.165) is 32.0 Å².